The molecule has 1 aromatic carbocycles. The zero-order chi connectivity index (χ0) is 23.1. The second-order valence-electron chi connectivity index (χ2n) is 8.49. The van der Waals surface area contributed by atoms with Gasteiger partial charge in [-0.25, -0.2) is 4.79 Å². The van der Waals surface area contributed by atoms with E-state index in [1.54, 1.807) is 31.2 Å². The topological polar surface area (TPSA) is 114 Å². The predicted molar refractivity (Wildman–Crippen MR) is 119 cm³/mol. The van der Waals surface area contributed by atoms with Crippen molar-refractivity contribution in [2.75, 3.05) is 6.54 Å². The van der Waals surface area contributed by atoms with Gasteiger partial charge in [-0.15, -0.1) is 0 Å². The zero-order valence-corrected chi connectivity index (χ0v) is 19.0. The highest BCUT2D eigenvalue weighted by molar-refractivity contribution is 6.30. The highest BCUT2D eigenvalue weighted by atomic mass is 35.5. The number of amides is 3. The van der Waals surface area contributed by atoms with Crippen molar-refractivity contribution in [1.29, 1.82) is 0 Å². The van der Waals surface area contributed by atoms with Crippen LogP contribution in [0.15, 0.2) is 24.3 Å². The number of halogens is 1. The van der Waals surface area contributed by atoms with Crippen LogP contribution in [0.4, 0.5) is 4.79 Å². The van der Waals surface area contributed by atoms with Crippen LogP contribution in [0.1, 0.15) is 51.0 Å². The van der Waals surface area contributed by atoms with Crippen LogP contribution >= 0.6 is 11.6 Å². The highest BCUT2D eigenvalue weighted by Crippen LogP contribution is 2.27. The first kappa shape index (κ1) is 24.0. The number of Topliss-reactive ketones (excluding diaryl/α,β-unsaturated/α-hetero) is 1. The van der Waals surface area contributed by atoms with Crippen molar-refractivity contribution >= 4 is 35.3 Å². The molecule has 0 bridgehead atoms. The summed E-state index contributed by atoms with van der Waals surface area (Å²) in [6.45, 7) is 2.05. The fraction of sp³-hybridized carbons (Fsp3) is 0.565. The lowest BCUT2D eigenvalue weighted by Crippen LogP contribution is -2.55. The third-order valence-electron chi connectivity index (χ3n) is 6.11. The molecule has 1 aliphatic heterocycles. The van der Waals surface area contributed by atoms with E-state index in [4.69, 9.17) is 16.3 Å². The van der Waals surface area contributed by atoms with Crippen LogP contribution in [0.3, 0.4) is 0 Å². The van der Waals surface area contributed by atoms with E-state index in [0.717, 1.165) is 37.7 Å². The summed E-state index contributed by atoms with van der Waals surface area (Å²) < 4.78 is 5.29. The van der Waals surface area contributed by atoms with Gasteiger partial charge in [0.2, 0.25) is 11.8 Å². The van der Waals surface area contributed by atoms with Crippen molar-refractivity contribution in [3.8, 4) is 0 Å². The summed E-state index contributed by atoms with van der Waals surface area (Å²) in [7, 11) is 0. The molecule has 3 atom stereocenters. The third-order valence-corrected chi connectivity index (χ3v) is 6.35. The molecule has 3 rings (SSSR count). The van der Waals surface area contributed by atoms with Crippen molar-refractivity contribution in [3.63, 3.8) is 0 Å². The minimum absolute atomic E-state index is 0.0249. The van der Waals surface area contributed by atoms with Gasteiger partial charge < -0.3 is 20.7 Å². The molecule has 32 heavy (non-hydrogen) atoms. The third kappa shape index (κ3) is 6.45. The second kappa shape index (κ2) is 11.3. The number of carbonyl (C=O) groups is 4. The van der Waals surface area contributed by atoms with E-state index in [1.807, 2.05) is 0 Å². The van der Waals surface area contributed by atoms with E-state index in [2.05, 4.69) is 16.0 Å². The Kier molecular flexibility index (Phi) is 8.50. The van der Waals surface area contributed by atoms with Crippen molar-refractivity contribution in [2.24, 2.45) is 11.8 Å². The summed E-state index contributed by atoms with van der Waals surface area (Å²) in [5.41, 5.74) is 0.736. The SMILES string of the molecule is C[C@H](NC(=O)[C@@H](NC(=O)OCc1cccc(Cl)c1)C1CCCCC1)C(=O)[C@@H]1CCNC1=O. The van der Waals surface area contributed by atoms with Crippen LogP contribution in [0, 0.1) is 11.8 Å². The Labute approximate surface area is 192 Å². The summed E-state index contributed by atoms with van der Waals surface area (Å²) in [5.74, 6) is -1.84. The van der Waals surface area contributed by atoms with Crippen LogP contribution in [-0.4, -0.2) is 42.3 Å². The van der Waals surface area contributed by atoms with Gasteiger partial charge in [0.25, 0.3) is 0 Å². The Morgan fingerprint density at radius 3 is 2.56 bits per heavy atom. The maximum atomic E-state index is 13.1. The average molecular weight is 464 g/mol. The standard InChI is InChI=1S/C23H30ClN3O5/c1-14(20(28)18-10-11-25-21(18)29)26-22(30)19(16-7-3-2-4-8-16)27-23(31)32-13-15-6-5-9-17(24)12-15/h5-6,9,12,14,16,18-19H,2-4,7-8,10-11,13H2,1H3,(H,25,29)(H,26,30)(H,27,31)/t14-,18-,19-/m0/s1. The summed E-state index contributed by atoms with van der Waals surface area (Å²) in [6, 6.07) is 5.34. The molecule has 1 aromatic rings. The van der Waals surface area contributed by atoms with E-state index in [9.17, 15) is 19.2 Å². The Hall–Kier alpha value is -2.61. The van der Waals surface area contributed by atoms with Gasteiger partial charge in [0.15, 0.2) is 5.78 Å². The molecule has 8 nitrogen and oxygen atoms in total. The zero-order valence-electron chi connectivity index (χ0n) is 18.2. The molecule has 0 aromatic heterocycles. The molecule has 0 unspecified atom stereocenters. The van der Waals surface area contributed by atoms with Gasteiger partial charge in [0.1, 0.15) is 18.6 Å². The number of hydrogen-bond donors (Lipinski definition) is 3. The molecule has 3 N–H and O–H groups in total. The van der Waals surface area contributed by atoms with Gasteiger partial charge in [0, 0.05) is 11.6 Å². The number of ether oxygens (including phenoxy) is 1. The van der Waals surface area contributed by atoms with Crippen molar-refractivity contribution in [2.45, 2.75) is 64.1 Å². The quantitative estimate of drug-likeness (QED) is 0.513. The molecule has 9 heteroatoms. The van der Waals surface area contributed by atoms with Gasteiger partial charge >= 0.3 is 6.09 Å². The van der Waals surface area contributed by atoms with Crippen LogP contribution in [0.2, 0.25) is 5.02 Å². The summed E-state index contributed by atoms with van der Waals surface area (Å²) in [5, 5.41) is 8.58. The van der Waals surface area contributed by atoms with Crippen LogP contribution in [0.5, 0.6) is 0 Å². The lowest BCUT2D eigenvalue weighted by atomic mass is 9.83. The number of alkyl carbamates (subject to hydrolysis) is 1. The fourth-order valence-electron chi connectivity index (χ4n) is 4.35. The summed E-state index contributed by atoms with van der Waals surface area (Å²) in [6.07, 6.45) is 4.38. The molecule has 1 aliphatic carbocycles. The van der Waals surface area contributed by atoms with Gasteiger partial charge in [-0.05, 0) is 49.8 Å². The van der Waals surface area contributed by atoms with Gasteiger partial charge in [0.05, 0.1) is 6.04 Å². The minimum Gasteiger partial charge on any atom is -0.445 e. The van der Waals surface area contributed by atoms with E-state index in [1.165, 1.54) is 0 Å². The Morgan fingerprint density at radius 1 is 1.16 bits per heavy atom. The number of ketones is 1. The summed E-state index contributed by atoms with van der Waals surface area (Å²) in [4.78, 5) is 49.9. The van der Waals surface area contributed by atoms with E-state index < -0.39 is 30.0 Å². The highest BCUT2D eigenvalue weighted by Gasteiger charge is 2.37. The average Bonchev–Trinajstić information content (AvgIpc) is 3.21. The lowest BCUT2D eigenvalue weighted by Gasteiger charge is -2.30. The second-order valence-corrected chi connectivity index (χ2v) is 8.93. The monoisotopic (exact) mass is 463 g/mol. The predicted octanol–water partition coefficient (Wildman–Crippen LogP) is 2.73. The Morgan fingerprint density at radius 2 is 1.91 bits per heavy atom. The van der Waals surface area contributed by atoms with Crippen LogP contribution in [0.25, 0.3) is 0 Å². The van der Waals surface area contributed by atoms with Crippen molar-refractivity contribution < 1.29 is 23.9 Å². The smallest absolute Gasteiger partial charge is 0.408 e. The molecule has 0 radical (unpaired) electrons. The first-order valence-electron chi connectivity index (χ1n) is 11.1. The normalized spacial score (nSPS) is 20.7. The molecular weight excluding hydrogens is 434 g/mol. The molecule has 0 spiro atoms. The Balaban J connectivity index is 1.61. The number of rotatable bonds is 8. The number of nitrogens with one attached hydrogen (secondary N) is 3. The summed E-state index contributed by atoms with van der Waals surface area (Å²) >= 11 is 5.96. The number of hydrogen-bond acceptors (Lipinski definition) is 5. The molecule has 1 heterocycles. The first-order valence-corrected chi connectivity index (χ1v) is 11.5. The molecule has 1 saturated heterocycles. The maximum absolute atomic E-state index is 13.1. The fourth-order valence-corrected chi connectivity index (χ4v) is 4.56. The molecule has 1 saturated carbocycles. The maximum Gasteiger partial charge on any atom is 0.408 e. The lowest BCUT2D eigenvalue weighted by molar-refractivity contribution is -0.135. The first-order chi connectivity index (χ1) is 15.3. The largest absolute Gasteiger partial charge is 0.445 e. The Bertz CT molecular complexity index is 856. The van der Waals surface area contributed by atoms with Crippen molar-refractivity contribution in [3.05, 3.63) is 34.9 Å². The van der Waals surface area contributed by atoms with Gasteiger partial charge in [-0.2, -0.15) is 0 Å². The van der Waals surface area contributed by atoms with Crippen molar-refractivity contribution in [1.82, 2.24) is 16.0 Å². The molecule has 3 amide bonds. The van der Waals surface area contributed by atoms with Crippen LogP contribution < -0.4 is 16.0 Å². The molecule has 2 fully saturated rings. The van der Waals surface area contributed by atoms with Gasteiger partial charge in [-0.3, -0.25) is 14.4 Å². The van der Waals surface area contributed by atoms with Crippen LogP contribution in [-0.2, 0) is 25.7 Å². The molecule has 174 valence electrons. The minimum atomic E-state index is -0.827. The molecular formula is C23H30ClN3O5. The van der Waals surface area contributed by atoms with E-state index in [0.29, 0.717) is 18.0 Å². The molecule has 2 aliphatic rings. The van der Waals surface area contributed by atoms with E-state index >= 15 is 0 Å². The number of benzene rings is 1. The van der Waals surface area contributed by atoms with E-state index in [-0.39, 0.29) is 24.2 Å². The number of carbonyl (C=O) groups excluding carboxylic acids is 4. The van der Waals surface area contributed by atoms with Gasteiger partial charge in [-0.1, -0.05) is 43.0 Å².